The third-order valence-corrected chi connectivity index (χ3v) is 5.79. The van der Waals surface area contributed by atoms with Crippen molar-refractivity contribution < 1.29 is 32.2 Å². The Morgan fingerprint density at radius 1 is 1.00 bits per heavy atom. The molecule has 6 nitrogen and oxygen atoms in total. The minimum absolute atomic E-state index is 0.0328. The van der Waals surface area contributed by atoms with Crippen LogP contribution >= 0.6 is 0 Å². The third-order valence-electron chi connectivity index (χ3n) is 5.79. The Hall–Kier alpha value is -2.78. The van der Waals surface area contributed by atoms with E-state index in [1.165, 1.54) is 19.2 Å². The molecule has 0 saturated carbocycles. The lowest BCUT2D eigenvalue weighted by Crippen LogP contribution is -2.48. The van der Waals surface area contributed by atoms with Crippen molar-refractivity contribution in [2.75, 3.05) is 45.9 Å². The number of hydrogen-bond donors (Lipinski definition) is 0. The van der Waals surface area contributed by atoms with Crippen molar-refractivity contribution in [1.82, 2.24) is 4.90 Å². The second-order valence-corrected chi connectivity index (χ2v) is 7.94. The van der Waals surface area contributed by atoms with E-state index < -0.39 is 11.7 Å². The van der Waals surface area contributed by atoms with Crippen LogP contribution in [0.3, 0.4) is 0 Å². The zero-order valence-electron chi connectivity index (χ0n) is 19.0. The second-order valence-electron chi connectivity index (χ2n) is 7.94. The molecule has 0 aliphatic carbocycles. The lowest BCUT2D eigenvalue weighted by Gasteiger charge is -2.38. The Kier molecular flexibility index (Phi) is 8.20. The van der Waals surface area contributed by atoms with E-state index in [2.05, 4.69) is 4.90 Å². The summed E-state index contributed by atoms with van der Waals surface area (Å²) >= 11 is 0. The number of halogens is 3. The number of likely N-dealkylation sites (tertiary alicyclic amines) is 1. The van der Waals surface area contributed by atoms with Crippen LogP contribution in [-0.4, -0.2) is 57.9 Å². The van der Waals surface area contributed by atoms with Gasteiger partial charge < -0.3 is 19.1 Å². The van der Waals surface area contributed by atoms with Crippen LogP contribution in [0.2, 0.25) is 0 Å². The topological polar surface area (TPSA) is 51.2 Å². The van der Waals surface area contributed by atoms with Crippen molar-refractivity contribution in [3.8, 4) is 11.5 Å². The summed E-state index contributed by atoms with van der Waals surface area (Å²) in [5.74, 6) is 0.961. The molecule has 33 heavy (non-hydrogen) atoms. The predicted octanol–water partition coefficient (Wildman–Crippen LogP) is 4.37. The highest BCUT2D eigenvalue weighted by Gasteiger charge is 2.31. The summed E-state index contributed by atoms with van der Waals surface area (Å²) in [6.07, 6.45) is -2.88. The molecule has 0 N–H and O–H groups in total. The van der Waals surface area contributed by atoms with Crippen molar-refractivity contribution in [3.05, 3.63) is 53.6 Å². The van der Waals surface area contributed by atoms with Gasteiger partial charge in [-0.05, 0) is 42.7 Å². The Balaban J connectivity index is 1.69. The first-order chi connectivity index (χ1) is 15.8. The number of carbonyl (C=O) groups excluding carboxylic acids is 1. The highest BCUT2D eigenvalue weighted by molar-refractivity contribution is 5.95. The summed E-state index contributed by atoms with van der Waals surface area (Å²) in [7, 11) is 4.58. The van der Waals surface area contributed by atoms with Gasteiger partial charge in [-0.1, -0.05) is 12.1 Å². The van der Waals surface area contributed by atoms with Crippen molar-refractivity contribution in [3.63, 3.8) is 0 Å². The second kappa shape index (κ2) is 10.9. The standard InChI is InChI=1S/C24H29F3N2O4/c1-31-16-23(30)29(20-8-9-21(32-2)22(14-20)33-3)19-10-12-28(13-11-19)15-17-4-6-18(7-5-17)24(25,26)27/h4-9,14,19H,10-13,15-16H2,1-3H3. The van der Waals surface area contributed by atoms with E-state index >= 15 is 0 Å². The van der Waals surface area contributed by atoms with Gasteiger partial charge in [0.15, 0.2) is 11.5 Å². The molecule has 9 heteroatoms. The molecule has 1 amide bonds. The van der Waals surface area contributed by atoms with Crippen LogP contribution in [-0.2, 0) is 22.3 Å². The lowest BCUT2D eigenvalue weighted by atomic mass is 10.0. The zero-order chi connectivity index (χ0) is 24.0. The number of amides is 1. The van der Waals surface area contributed by atoms with E-state index in [1.54, 1.807) is 31.3 Å². The molecular formula is C24H29F3N2O4. The van der Waals surface area contributed by atoms with Crippen molar-refractivity contribution in [1.29, 1.82) is 0 Å². The molecule has 1 heterocycles. The van der Waals surface area contributed by atoms with Crippen LogP contribution in [0.15, 0.2) is 42.5 Å². The molecule has 1 aliphatic rings. The first-order valence-corrected chi connectivity index (χ1v) is 10.7. The maximum Gasteiger partial charge on any atom is 0.416 e. The highest BCUT2D eigenvalue weighted by Crippen LogP contribution is 2.34. The fraction of sp³-hybridized carbons (Fsp3) is 0.458. The number of benzene rings is 2. The van der Waals surface area contributed by atoms with Crippen molar-refractivity contribution >= 4 is 11.6 Å². The van der Waals surface area contributed by atoms with Crippen LogP contribution in [0.1, 0.15) is 24.0 Å². The fourth-order valence-corrected chi connectivity index (χ4v) is 4.12. The van der Waals surface area contributed by atoms with E-state index in [-0.39, 0.29) is 18.6 Å². The third kappa shape index (κ3) is 6.17. The SMILES string of the molecule is COCC(=O)N(c1ccc(OC)c(OC)c1)C1CCN(Cc2ccc(C(F)(F)F)cc2)CC1. The zero-order valence-corrected chi connectivity index (χ0v) is 19.0. The van der Waals surface area contributed by atoms with E-state index in [4.69, 9.17) is 14.2 Å². The summed E-state index contributed by atoms with van der Waals surface area (Å²) in [4.78, 5) is 16.8. The van der Waals surface area contributed by atoms with Gasteiger partial charge in [0.05, 0.1) is 19.8 Å². The Bertz CT molecular complexity index is 926. The largest absolute Gasteiger partial charge is 0.493 e. The summed E-state index contributed by atoms with van der Waals surface area (Å²) in [6.45, 7) is 1.96. The minimum atomic E-state index is -4.33. The van der Waals surface area contributed by atoms with Gasteiger partial charge in [0.1, 0.15) is 6.61 Å². The fourth-order valence-electron chi connectivity index (χ4n) is 4.12. The quantitative estimate of drug-likeness (QED) is 0.579. The number of alkyl halides is 3. The summed E-state index contributed by atoms with van der Waals surface area (Å²) in [6, 6.07) is 10.6. The normalized spacial score (nSPS) is 15.3. The molecule has 1 fully saturated rings. The summed E-state index contributed by atoms with van der Waals surface area (Å²) < 4.78 is 54.1. The van der Waals surface area contributed by atoms with Crippen molar-refractivity contribution in [2.24, 2.45) is 0 Å². The van der Waals surface area contributed by atoms with Gasteiger partial charge in [-0.3, -0.25) is 9.69 Å². The lowest BCUT2D eigenvalue weighted by molar-refractivity contribution is -0.137. The molecule has 1 saturated heterocycles. The molecule has 2 aromatic rings. The Labute approximate surface area is 191 Å². The molecule has 1 aliphatic heterocycles. The molecule has 3 rings (SSSR count). The average Bonchev–Trinajstić information content (AvgIpc) is 2.80. The molecule has 0 radical (unpaired) electrons. The number of piperidine rings is 1. The first-order valence-electron chi connectivity index (χ1n) is 10.7. The van der Waals surface area contributed by atoms with Gasteiger partial charge in [-0.25, -0.2) is 0 Å². The van der Waals surface area contributed by atoms with Gasteiger partial charge in [0.25, 0.3) is 5.91 Å². The number of nitrogens with zero attached hydrogens (tertiary/aromatic N) is 2. The van der Waals surface area contributed by atoms with E-state index in [0.29, 0.717) is 23.7 Å². The van der Waals surface area contributed by atoms with Gasteiger partial charge >= 0.3 is 6.18 Å². The Morgan fingerprint density at radius 2 is 1.64 bits per heavy atom. The smallest absolute Gasteiger partial charge is 0.416 e. The van der Waals surface area contributed by atoms with Gasteiger partial charge in [0, 0.05) is 44.5 Å². The van der Waals surface area contributed by atoms with E-state index in [0.717, 1.165) is 43.6 Å². The van der Waals surface area contributed by atoms with Crippen LogP contribution in [0, 0.1) is 0 Å². The summed E-state index contributed by atoms with van der Waals surface area (Å²) in [5, 5.41) is 0. The van der Waals surface area contributed by atoms with Crippen LogP contribution in [0.5, 0.6) is 11.5 Å². The monoisotopic (exact) mass is 466 g/mol. The molecule has 0 atom stereocenters. The van der Waals surface area contributed by atoms with Crippen LogP contribution in [0.4, 0.5) is 18.9 Å². The maximum absolute atomic E-state index is 12.9. The maximum atomic E-state index is 12.9. The first kappa shape index (κ1) is 24.9. The van der Waals surface area contributed by atoms with Crippen molar-refractivity contribution in [2.45, 2.75) is 31.6 Å². The molecule has 0 aromatic heterocycles. The van der Waals surface area contributed by atoms with E-state index in [1.807, 2.05) is 6.07 Å². The number of ether oxygens (including phenoxy) is 3. The molecule has 0 bridgehead atoms. The number of hydrogen-bond acceptors (Lipinski definition) is 5. The number of methoxy groups -OCH3 is 3. The predicted molar refractivity (Wildman–Crippen MR) is 119 cm³/mol. The molecule has 0 unspecified atom stereocenters. The molecule has 2 aromatic carbocycles. The number of rotatable bonds is 8. The number of anilines is 1. The molecule has 180 valence electrons. The van der Waals surface area contributed by atoms with Gasteiger partial charge in [-0.15, -0.1) is 0 Å². The molecule has 0 spiro atoms. The average molecular weight is 467 g/mol. The highest BCUT2D eigenvalue weighted by atomic mass is 19.4. The van der Waals surface area contributed by atoms with Crippen LogP contribution in [0.25, 0.3) is 0 Å². The van der Waals surface area contributed by atoms with Gasteiger partial charge in [-0.2, -0.15) is 13.2 Å². The number of carbonyl (C=O) groups is 1. The van der Waals surface area contributed by atoms with Gasteiger partial charge in [0.2, 0.25) is 0 Å². The summed E-state index contributed by atoms with van der Waals surface area (Å²) in [5.41, 5.74) is 0.886. The molecular weight excluding hydrogens is 437 g/mol. The van der Waals surface area contributed by atoms with Crippen LogP contribution < -0.4 is 14.4 Å². The Morgan fingerprint density at radius 3 is 2.18 bits per heavy atom. The van der Waals surface area contributed by atoms with E-state index in [9.17, 15) is 18.0 Å². The minimum Gasteiger partial charge on any atom is -0.493 e.